The molecule has 8 heteroatoms. The molecule has 7 nitrogen and oxygen atoms in total. The minimum atomic E-state index is -3.60. The second kappa shape index (κ2) is 9.52. The first-order valence-corrected chi connectivity index (χ1v) is 11.4. The molecule has 1 saturated heterocycles. The van der Waals surface area contributed by atoms with Crippen molar-refractivity contribution in [2.45, 2.75) is 31.6 Å². The molecule has 2 heterocycles. The fourth-order valence-corrected chi connectivity index (χ4v) is 4.57. The first-order chi connectivity index (χ1) is 13.9. The number of pyridine rings is 1. The van der Waals surface area contributed by atoms with Crippen molar-refractivity contribution in [2.75, 3.05) is 23.7 Å². The van der Waals surface area contributed by atoms with Crippen LogP contribution in [0.1, 0.15) is 36.0 Å². The maximum atomic E-state index is 12.3. The number of sulfone groups is 1. The fourth-order valence-electron chi connectivity index (χ4n) is 3.26. The molecule has 0 aliphatic carbocycles. The van der Waals surface area contributed by atoms with Crippen molar-refractivity contribution in [3.63, 3.8) is 0 Å². The van der Waals surface area contributed by atoms with Crippen molar-refractivity contribution >= 4 is 21.6 Å². The number of nitriles is 1. The van der Waals surface area contributed by atoms with E-state index >= 15 is 0 Å². The highest BCUT2D eigenvalue weighted by Gasteiger charge is 2.17. The number of aromatic nitrogens is 1. The van der Waals surface area contributed by atoms with E-state index in [0.717, 1.165) is 24.5 Å². The number of piperidine rings is 1. The monoisotopic (exact) mass is 412 g/mol. The van der Waals surface area contributed by atoms with E-state index in [1.807, 2.05) is 18.2 Å². The number of carbonyl (C=O) groups is 1. The third-order valence-electron chi connectivity index (χ3n) is 4.80. The lowest BCUT2D eigenvalue weighted by atomic mass is 10.1. The Morgan fingerprint density at radius 2 is 1.76 bits per heavy atom. The molecule has 0 radical (unpaired) electrons. The SMILES string of the molecule is N#Cc1ccc(CS(=O)(=O)CC(=O)NCc2ccc(N3CCCCC3)nc2)cc1. The van der Waals surface area contributed by atoms with Crippen LogP contribution in [-0.4, -0.2) is 38.2 Å². The van der Waals surface area contributed by atoms with Crippen molar-refractivity contribution in [3.8, 4) is 6.07 Å². The molecule has 0 unspecified atom stereocenters. The Labute approximate surface area is 171 Å². The predicted molar refractivity (Wildman–Crippen MR) is 111 cm³/mol. The molecule has 1 aliphatic rings. The number of hydrogen-bond acceptors (Lipinski definition) is 6. The third kappa shape index (κ3) is 6.29. The summed E-state index contributed by atoms with van der Waals surface area (Å²) in [6.45, 7) is 2.26. The van der Waals surface area contributed by atoms with E-state index < -0.39 is 21.5 Å². The van der Waals surface area contributed by atoms with E-state index in [0.29, 0.717) is 11.1 Å². The van der Waals surface area contributed by atoms with Crippen LogP contribution in [0.2, 0.25) is 0 Å². The van der Waals surface area contributed by atoms with E-state index in [1.54, 1.807) is 30.5 Å². The number of amides is 1. The van der Waals surface area contributed by atoms with Crippen LogP contribution in [0.5, 0.6) is 0 Å². The van der Waals surface area contributed by atoms with Crippen molar-refractivity contribution in [1.29, 1.82) is 5.26 Å². The van der Waals surface area contributed by atoms with Gasteiger partial charge in [-0.2, -0.15) is 5.26 Å². The van der Waals surface area contributed by atoms with Gasteiger partial charge in [-0.15, -0.1) is 0 Å². The van der Waals surface area contributed by atoms with Crippen LogP contribution in [0.3, 0.4) is 0 Å². The second-order valence-electron chi connectivity index (χ2n) is 7.19. The Morgan fingerprint density at radius 3 is 2.38 bits per heavy atom. The van der Waals surface area contributed by atoms with Crippen molar-refractivity contribution in [3.05, 3.63) is 59.3 Å². The number of carbonyl (C=O) groups excluding carboxylic acids is 1. The van der Waals surface area contributed by atoms with Gasteiger partial charge >= 0.3 is 0 Å². The molecule has 0 saturated carbocycles. The maximum absolute atomic E-state index is 12.3. The standard InChI is InChI=1S/C21H24N4O3S/c22-12-17-4-6-18(7-5-17)15-29(27,28)16-21(26)24-14-19-8-9-20(23-13-19)25-10-2-1-3-11-25/h4-9,13H,1-3,10-11,14-16H2,(H,24,26). The van der Waals surface area contributed by atoms with Gasteiger partial charge in [0.25, 0.3) is 0 Å². The molecule has 1 aromatic heterocycles. The zero-order valence-corrected chi connectivity index (χ0v) is 17.0. The number of rotatable bonds is 7. The van der Waals surface area contributed by atoms with Gasteiger partial charge in [0.05, 0.1) is 17.4 Å². The van der Waals surface area contributed by atoms with Crippen LogP contribution < -0.4 is 10.2 Å². The highest BCUT2D eigenvalue weighted by molar-refractivity contribution is 7.91. The molecule has 3 rings (SSSR count). The molecule has 0 spiro atoms. The summed E-state index contributed by atoms with van der Waals surface area (Å²) in [5.41, 5.74) is 1.83. The Balaban J connectivity index is 1.48. The molecular formula is C21H24N4O3S. The molecule has 1 aromatic carbocycles. The van der Waals surface area contributed by atoms with Gasteiger partial charge in [0, 0.05) is 25.8 Å². The molecular weight excluding hydrogens is 388 g/mol. The normalized spacial score (nSPS) is 14.2. The Kier molecular flexibility index (Phi) is 6.83. The van der Waals surface area contributed by atoms with Gasteiger partial charge in [0.1, 0.15) is 11.6 Å². The lowest BCUT2D eigenvalue weighted by molar-refractivity contribution is -0.118. The number of anilines is 1. The summed E-state index contributed by atoms with van der Waals surface area (Å²) in [6, 6.07) is 12.1. The van der Waals surface area contributed by atoms with Gasteiger partial charge < -0.3 is 10.2 Å². The molecule has 2 aromatic rings. The molecule has 29 heavy (non-hydrogen) atoms. The molecule has 0 atom stereocenters. The quantitative estimate of drug-likeness (QED) is 0.748. The number of benzene rings is 1. The van der Waals surface area contributed by atoms with E-state index in [4.69, 9.17) is 5.26 Å². The topological polar surface area (TPSA) is 103 Å². The zero-order chi connectivity index (χ0) is 20.7. The van der Waals surface area contributed by atoms with Gasteiger partial charge in [-0.1, -0.05) is 18.2 Å². The van der Waals surface area contributed by atoms with Crippen LogP contribution >= 0.6 is 0 Å². The van der Waals surface area contributed by atoms with Gasteiger partial charge in [0.2, 0.25) is 5.91 Å². The average molecular weight is 413 g/mol. The average Bonchev–Trinajstić information content (AvgIpc) is 2.73. The first-order valence-electron chi connectivity index (χ1n) is 9.61. The summed E-state index contributed by atoms with van der Waals surface area (Å²) < 4.78 is 24.5. The molecule has 1 amide bonds. The Hall–Kier alpha value is -2.92. The predicted octanol–water partition coefficient (Wildman–Crippen LogP) is 2.17. The molecule has 1 fully saturated rings. The fraction of sp³-hybridized carbons (Fsp3) is 0.381. The number of hydrogen-bond donors (Lipinski definition) is 1. The third-order valence-corrected chi connectivity index (χ3v) is 6.27. The van der Waals surface area contributed by atoms with E-state index in [1.165, 1.54) is 19.3 Å². The molecule has 1 N–H and O–H groups in total. The summed E-state index contributed by atoms with van der Waals surface area (Å²) in [4.78, 5) is 18.8. The van der Waals surface area contributed by atoms with Crippen LogP contribution in [0.4, 0.5) is 5.82 Å². The molecule has 152 valence electrons. The van der Waals surface area contributed by atoms with E-state index in [2.05, 4.69) is 15.2 Å². The van der Waals surface area contributed by atoms with Crippen LogP contribution in [0.25, 0.3) is 0 Å². The highest BCUT2D eigenvalue weighted by Crippen LogP contribution is 2.17. The van der Waals surface area contributed by atoms with Crippen molar-refractivity contribution in [1.82, 2.24) is 10.3 Å². The maximum Gasteiger partial charge on any atom is 0.235 e. The van der Waals surface area contributed by atoms with E-state index in [-0.39, 0.29) is 12.3 Å². The molecule has 1 aliphatic heterocycles. The van der Waals surface area contributed by atoms with Crippen LogP contribution in [-0.2, 0) is 26.9 Å². The largest absolute Gasteiger partial charge is 0.357 e. The number of nitrogens with one attached hydrogen (secondary N) is 1. The van der Waals surface area contributed by atoms with Gasteiger partial charge in [-0.3, -0.25) is 4.79 Å². The van der Waals surface area contributed by atoms with Crippen LogP contribution in [0, 0.1) is 11.3 Å². The summed E-state index contributed by atoms with van der Waals surface area (Å²) in [5, 5.41) is 11.4. The first kappa shape index (κ1) is 20.8. The van der Waals surface area contributed by atoms with Gasteiger partial charge in [0.15, 0.2) is 9.84 Å². The molecule has 0 bridgehead atoms. The summed E-state index contributed by atoms with van der Waals surface area (Å²) in [5.74, 6) is -0.423. The van der Waals surface area contributed by atoms with Gasteiger partial charge in [-0.25, -0.2) is 13.4 Å². The summed E-state index contributed by atoms with van der Waals surface area (Å²) in [7, 11) is -3.60. The summed E-state index contributed by atoms with van der Waals surface area (Å²) in [6.07, 6.45) is 5.33. The van der Waals surface area contributed by atoms with Gasteiger partial charge in [-0.05, 0) is 48.6 Å². The second-order valence-corrected chi connectivity index (χ2v) is 9.25. The number of nitrogens with zero attached hydrogens (tertiary/aromatic N) is 3. The minimum Gasteiger partial charge on any atom is -0.357 e. The zero-order valence-electron chi connectivity index (χ0n) is 16.2. The van der Waals surface area contributed by atoms with Crippen LogP contribution in [0.15, 0.2) is 42.6 Å². The summed E-state index contributed by atoms with van der Waals surface area (Å²) >= 11 is 0. The minimum absolute atomic E-state index is 0.235. The highest BCUT2D eigenvalue weighted by atomic mass is 32.2. The lowest BCUT2D eigenvalue weighted by Crippen LogP contribution is -2.31. The van der Waals surface area contributed by atoms with E-state index in [9.17, 15) is 13.2 Å². The Morgan fingerprint density at radius 1 is 1.07 bits per heavy atom. The smallest absolute Gasteiger partial charge is 0.235 e. The Bertz CT molecular complexity index is 974. The lowest BCUT2D eigenvalue weighted by Gasteiger charge is -2.27. The van der Waals surface area contributed by atoms with Crippen molar-refractivity contribution < 1.29 is 13.2 Å². The van der Waals surface area contributed by atoms with Crippen molar-refractivity contribution in [2.24, 2.45) is 0 Å².